The molecule has 0 spiro atoms. The van der Waals surface area contributed by atoms with Gasteiger partial charge >= 0.3 is 11.9 Å². The Kier molecular flexibility index (Phi) is 3.16. The topological polar surface area (TPSA) is 49.2 Å². The van der Waals surface area contributed by atoms with Crippen molar-refractivity contribution in [1.82, 2.24) is 9.88 Å². The quantitative estimate of drug-likeness (QED) is 0.919. The van der Waals surface area contributed by atoms with Gasteiger partial charge in [-0.25, -0.2) is 4.79 Å². The van der Waals surface area contributed by atoms with E-state index >= 15 is 0 Å². The highest BCUT2D eigenvalue weighted by Gasteiger charge is 2.29. The van der Waals surface area contributed by atoms with E-state index in [9.17, 15) is 18.0 Å². The second kappa shape index (κ2) is 4.49. The summed E-state index contributed by atoms with van der Waals surface area (Å²) in [5.41, 5.74) is 1.55. The number of fused-ring (bicyclic) bond motifs is 1. The average molecular weight is 260 g/mol. The van der Waals surface area contributed by atoms with Gasteiger partial charge in [0.2, 0.25) is 0 Å². The molecule has 1 aromatic carbocycles. The molecule has 2 rings (SSSR count). The third kappa shape index (κ3) is 3.13. The van der Waals surface area contributed by atoms with Crippen LogP contribution in [0.5, 0.6) is 0 Å². The molecule has 0 fully saturated rings. The van der Waals surface area contributed by atoms with Crippen molar-refractivity contribution in [2.24, 2.45) is 0 Å². The third-order valence-electron chi connectivity index (χ3n) is 2.39. The number of hydrogen-bond donors (Lipinski definition) is 1. The summed E-state index contributed by atoms with van der Waals surface area (Å²) in [6, 6.07) is 4.79. The Hall–Kier alpha value is -1.76. The van der Waals surface area contributed by atoms with Crippen molar-refractivity contribution in [3.8, 4) is 0 Å². The van der Waals surface area contributed by atoms with Crippen molar-refractivity contribution in [1.29, 1.82) is 0 Å². The molecule has 0 aliphatic heterocycles. The van der Waals surface area contributed by atoms with Gasteiger partial charge in [-0.3, -0.25) is 9.88 Å². The van der Waals surface area contributed by atoms with E-state index in [1.807, 2.05) is 0 Å². The summed E-state index contributed by atoms with van der Waals surface area (Å²) in [5.74, 6) is -0.578. The van der Waals surface area contributed by atoms with Gasteiger partial charge in [-0.05, 0) is 24.7 Å². The molecule has 1 heterocycles. The smallest absolute Gasteiger partial charge is 0.408 e. The first-order valence-electron chi connectivity index (χ1n) is 5.20. The van der Waals surface area contributed by atoms with E-state index in [4.69, 9.17) is 4.42 Å². The molecule has 0 aliphatic rings. The summed E-state index contributed by atoms with van der Waals surface area (Å²) >= 11 is 0. The van der Waals surface area contributed by atoms with Crippen LogP contribution in [0.2, 0.25) is 0 Å². The van der Waals surface area contributed by atoms with Crippen LogP contribution in [0.4, 0.5) is 13.2 Å². The molecule has 2 aromatic rings. The van der Waals surface area contributed by atoms with Crippen LogP contribution in [-0.2, 0) is 6.54 Å². The highest BCUT2D eigenvalue weighted by atomic mass is 19.4. The SMILES string of the molecule is CN(Cc1ccc2oc(=O)[nH]c2c1)CC(F)(F)F. The zero-order valence-electron chi connectivity index (χ0n) is 9.54. The normalized spacial score (nSPS) is 12.5. The molecule has 0 unspecified atom stereocenters. The van der Waals surface area contributed by atoms with Gasteiger partial charge in [0.15, 0.2) is 5.58 Å². The van der Waals surface area contributed by atoms with Gasteiger partial charge in [-0.1, -0.05) is 6.07 Å². The Balaban J connectivity index is 2.14. The van der Waals surface area contributed by atoms with Crippen molar-refractivity contribution in [2.75, 3.05) is 13.6 Å². The fourth-order valence-electron chi connectivity index (χ4n) is 1.77. The van der Waals surface area contributed by atoms with Gasteiger partial charge in [0, 0.05) is 6.54 Å². The molecule has 7 heteroatoms. The maximum atomic E-state index is 12.2. The van der Waals surface area contributed by atoms with E-state index < -0.39 is 18.5 Å². The van der Waals surface area contributed by atoms with Crippen LogP contribution in [0.15, 0.2) is 27.4 Å². The van der Waals surface area contributed by atoms with Crippen molar-refractivity contribution in [3.63, 3.8) is 0 Å². The van der Waals surface area contributed by atoms with Crippen LogP contribution in [0.1, 0.15) is 5.56 Å². The van der Waals surface area contributed by atoms with Gasteiger partial charge in [0.25, 0.3) is 0 Å². The van der Waals surface area contributed by atoms with Gasteiger partial charge < -0.3 is 4.42 Å². The fraction of sp³-hybridized carbons (Fsp3) is 0.364. The first kappa shape index (κ1) is 12.7. The number of nitrogens with zero attached hydrogens (tertiary/aromatic N) is 1. The third-order valence-corrected chi connectivity index (χ3v) is 2.39. The molecule has 4 nitrogen and oxygen atoms in total. The minimum absolute atomic E-state index is 0.142. The number of benzene rings is 1. The highest BCUT2D eigenvalue weighted by molar-refractivity contribution is 5.72. The summed E-state index contributed by atoms with van der Waals surface area (Å²) in [6.45, 7) is -0.838. The molecular weight excluding hydrogens is 249 g/mol. The van der Waals surface area contributed by atoms with Crippen molar-refractivity contribution in [3.05, 3.63) is 34.3 Å². The maximum absolute atomic E-state index is 12.2. The Morgan fingerprint density at radius 3 is 2.78 bits per heavy atom. The first-order valence-corrected chi connectivity index (χ1v) is 5.20. The van der Waals surface area contributed by atoms with Gasteiger partial charge in [0.1, 0.15) is 0 Å². The van der Waals surface area contributed by atoms with Gasteiger partial charge in [-0.2, -0.15) is 13.2 Å². The fourth-order valence-corrected chi connectivity index (χ4v) is 1.77. The minimum atomic E-state index is -4.22. The predicted octanol–water partition coefficient (Wildman–Crippen LogP) is 2.12. The Labute approximate surface area is 100 Å². The summed E-state index contributed by atoms with van der Waals surface area (Å²) in [7, 11) is 1.38. The number of alkyl halides is 3. The van der Waals surface area contributed by atoms with Crippen LogP contribution in [0.3, 0.4) is 0 Å². The molecule has 0 saturated carbocycles. The van der Waals surface area contributed by atoms with E-state index in [-0.39, 0.29) is 6.54 Å². The highest BCUT2D eigenvalue weighted by Crippen LogP contribution is 2.18. The molecule has 0 saturated heterocycles. The first-order chi connectivity index (χ1) is 8.33. The maximum Gasteiger partial charge on any atom is 0.417 e. The molecule has 0 aliphatic carbocycles. The van der Waals surface area contributed by atoms with Crippen LogP contribution < -0.4 is 5.76 Å². The largest absolute Gasteiger partial charge is 0.417 e. The Morgan fingerprint density at radius 2 is 2.11 bits per heavy atom. The number of oxazole rings is 1. The molecular formula is C11H11F3N2O2. The lowest BCUT2D eigenvalue weighted by molar-refractivity contribution is -0.144. The van der Waals surface area contributed by atoms with Crippen LogP contribution >= 0.6 is 0 Å². The molecule has 0 radical (unpaired) electrons. The average Bonchev–Trinajstić information content (AvgIpc) is 2.53. The zero-order valence-corrected chi connectivity index (χ0v) is 9.54. The number of hydrogen-bond acceptors (Lipinski definition) is 3. The number of aromatic nitrogens is 1. The number of aromatic amines is 1. The lowest BCUT2D eigenvalue weighted by Crippen LogP contribution is -2.30. The lowest BCUT2D eigenvalue weighted by atomic mass is 10.2. The molecule has 0 atom stereocenters. The minimum Gasteiger partial charge on any atom is -0.408 e. The Morgan fingerprint density at radius 1 is 1.39 bits per heavy atom. The van der Waals surface area contributed by atoms with Crippen LogP contribution in [-0.4, -0.2) is 29.7 Å². The van der Waals surface area contributed by atoms with Gasteiger partial charge in [0.05, 0.1) is 12.1 Å². The summed E-state index contributed by atoms with van der Waals surface area (Å²) < 4.78 is 41.3. The van der Waals surface area contributed by atoms with Crippen LogP contribution in [0, 0.1) is 0 Å². The number of H-pyrrole nitrogens is 1. The monoisotopic (exact) mass is 260 g/mol. The molecule has 1 N–H and O–H groups in total. The number of halogens is 3. The van der Waals surface area contributed by atoms with E-state index in [2.05, 4.69) is 4.98 Å². The summed E-state index contributed by atoms with van der Waals surface area (Å²) in [5, 5.41) is 0. The van der Waals surface area contributed by atoms with E-state index in [0.29, 0.717) is 16.7 Å². The second-order valence-electron chi connectivity index (χ2n) is 4.13. The van der Waals surface area contributed by atoms with E-state index in [1.54, 1.807) is 18.2 Å². The second-order valence-corrected chi connectivity index (χ2v) is 4.13. The van der Waals surface area contributed by atoms with Crippen molar-refractivity contribution >= 4 is 11.1 Å². The number of nitrogens with one attached hydrogen (secondary N) is 1. The molecule has 1 aromatic heterocycles. The molecule has 0 amide bonds. The van der Waals surface area contributed by atoms with Crippen LogP contribution in [0.25, 0.3) is 11.1 Å². The lowest BCUT2D eigenvalue weighted by Gasteiger charge is -2.18. The van der Waals surface area contributed by atoms with E-state index in [0.717, 1.165) is 4.90 Å². The number of rotatable bonds is 3. The summed E-state index contributed by atoms with van der Waals surface area (Å²) in [4.78, 5) is 14.5. The molecule has 98 valence electrons. The van der Waals surface area contributed by atoms with Gasteiger partial charge in [-0.15, -0.1) is 0 Å². The van der Waals surface area contributed by atoms with Crippen molar-refractivity contribution in [2.45, 2.75) is 12.7 Å². The zero-order chi connectivity index (χ0) is 13.3. The van der Waals surface area contributed by atoms with Crippen molar-refractivity contribution < 1.29 is 17.6 Å². The molecule has 0 bridgehead atoms. The standard InChI is InChI=1S/C11H11F3N2O2/c1-16(6-11(12,13)14)5-7-2-3-9-8(4-7)15-10(17)18-9/h2-4H,5-6H2,1H3,(H,15,17). The Bertz CT molecular complexity index is 600. The predicted molar refractivity (Wildman–Crippen MR) is 59.2 cm³/mol. The van der Waals surface area contributed by atoms with E-state index in [1.165, 1.54) is 7.05 Å². The summed E-state index contributed by atoms with van der Waals surface area (Å²) in [6.07, 6.45) is -4.22. The molecule has 18 heavy (non-hydrogen) atoms.